The van der Waals surface area contributed by atoms with Gasteiger partial charge in [0.05, 0.1) is 11.1 Å². The Morgan fingerprint density at radius 1 is 1.00 bits per heavy atom. The van der Waals surface area contributed by atoms with Gasteiger partial charge in [-0.3, -0.25) is 0 Å². The molecule has 0 unspecified atom stereocenters. The second-order valence-corrected chi connectivity index (χ2v) is 7.11. The predicted octanol–water partition coefficient (Wildman–Crippen LogP) is 5.35. The van der Waals surface area contributed by atoms with E-state index in [4.69, 9.17) is 27.9 Å². The molecule has 2 fully saturated rings. The lowest BCUT2D eigenvalue weighted by Gasteiger charge is -2.21. The monoisotopic (exact) mass is 327 g/mol. The molecule has 0 aliphatic heterocycles. The molecule has 3 rings (SSSR count). The summed E-state index contributed by atoms with van der Waals surface area (Å²) in [5.41, 5.74) is 1.09. The second-order valence-electron chi connectivity index (χ2n) is 6.26. The first-order valence-corrected chi connectivity index (χ1v) is 8.86. The van der Waals surface area contributed by atoms with E-state index in [-0.39, 0.29) is 0 Å². The van der Waals surface area contributed by atoms with Gasteiger partial charge in [-0.2, -0.15) is 0 Å². The van der Waals surface area contributed by atoms with Crippen molar-refractivity contribution in [2.75, 3.05) is 0 Å². The molecule has 0 atom stereocenters. The Bertz CT molecular complexity index is 480. The van der Waals surface area contributed by atoms with E-state index in [1.165, 1.54) is 38.5 Å². The van der Waals surface area contributed by atoms with Gasteiger partial charge in [0.15, 0.2) is 0 Å². The fourth-order valence-corrected chi connectivity index (χ4v) is 3.53. The van der Waals surface area contributed by atoms with E-state index in [0.29, 0.717) is 22.2 Å². The van der Waals surface area contributed by atoms with Gasteiger partial charge in [-0.15, -0.1) is 0 Å². The average molecular weight is 328 g/mol. The molecule has 1 N–H and O–H groups in total. The molecule has 2 aliphatic rings. The van der Waals surface area contributed by atoms with Crippen LogP contribution >= 0.6 is 23.2 Å². The molecule has 21 heavy (non-hydrogen) atoms. The van der Waals surface area contributed by atoms with Gasteiger partial charge in [0.2, 0.25) is 0 Å². The van der Waals surface area contributed by atoms with Crippen LogP contribution < -0.4 is 10.1 Å². The van der Waals surface area contributed by atoms with E-state index in [9.17, 15) is 0 Å². The molecule has 1 aromatic rings. The predicted molar refractivity (Wildman–Crippen MR) is 88.4 cm³/mol. The maximum Gasteiger partial charge on any atom is 0.142 e. The summed E-state index contributed by atoms with van der Waals surface area (Å²) in [5, 5.41) is 4.84. The third-order valence-corrected chi connectivity index (χ3v) is 4.83. The zero-order valence-corrected chi connectivity index (χ0v) is 13.8. The minimum absolute atomic E-state index is 0.297. The van der Waals surface area contributed by atoms with Crippen LogP contribution in [0.25, 0.3) is 0 Å². The van der Waals surface area contributed by atoms with Gasteiger partial charge in [-0.05, 0) is 50.7 Å². The SMILES string of the molecule is Clc1cc(Cl)c(OC2CCCCCC2)c(CNC2CC2)c1. The van der Waals surface area contributed by atoms with Crippen molar-refractivity contribution < 1.29 is 4.74 Å². The van der Waals surface area contributed by atoms with Crippen molar-refractivity contribution in [2.45, 2.75) is 70.1 Å². The highest BCUT2D eigenvalue weighted by atomic mass is 35.5. The molecule has 0 heterocycles. The summed E-state index contributed by atoms with van der Waals surface area (Å²) >= 11 is 12.5. The van der Waals surface area contributed by atoms with E-state index in [2.05, 4.69) is 5.32 Å². The molecule has 0 aromatic heterocycles. The number of hydrogen-bond donors (Lipinski definition) is 1. The Balaban J connectivity index is 1.73. The minimum atomic E-state index is 0.297. The van der Waals surface area contributed by atoms with Gasteiger partial charge < -0.3 is 10.1 Å². The smallest absolute Gasteiger partial charge is 0.142 e. The lowest BCUT2D eigenvalue weighted by Crippen LogP contribution is -2.19. The van der Waals surface area contributed by atoms with Crippen LogP contribution in [0.4, 0.5) is 0 Å². The summed E-state index contributed by atoms with van der Waals surface area (Å²) < 4.78 is 6.27. The molecule has 2 aliphatic carbocycles. The molecule has 0 amide bonds. The van der Waals surface area contributed by atoms with Gasteiger partial charge in [0.1, 0.15) is 5.75 Å². The Kier molecular flexibility index (Phi) is 5.31. The highest BCUT2D eigenvalue weighted by Gasteiger charge is 2.22. The first-order valence-electron chi connectivity index (χ1n) is 8.10. The Labute approximate surface area is 137 Å². The number of rotatable bonds is 5. The fourth-order valence-electron chi connectivity index (χ4n) is 2.95. The van der Waals surface area contributed by atoms with Crippen LogP contribution in [0.1, 0.15) is 56.9 Å². The summed E-state index contributed by atoms with van der Waals surface area (Å²) in [6.07, 6.45) is 10.3. The fraction of sp³-hybridized carbons (Fsp3) is 0.647. The van der Waals surface area contributed by atoms with Crippen molar-refractivity contribution in [3.05, 3.63) is 27.7 Å². The molecule has 0 radical (unpaired) electrons. The molecule has 116 valence electrons. The largest absolute Gasteiger partial charge is 0.489 e. The maximum atomic E-state index is 6.39. The molecular weight excluding hydrogens is 305 g/mol. The lowest BCUT2D eigenvalue weighted by atomic mass is 10.1. The van der Waals surface area contributed by atoms with Gasteiger partial charge in [-0.1, -0.05) is 36.0 Å². The van der Waals surface area contributed by atoms with Crippen molar-refractivity contribution in [1.29, 1.82) is 0 Å². The molecule has 4 heteroatoms. The third kappa shape index (κ3) is 4.51. The molecule has 0 bridgehead atoms. The lowest BCUT2D eigenvalue weighted by molar-refractivity contribution is 0.182. The molecule has 1 aromatic carbocycles. The average Bonchev–Trinajstić information content (AvgIpc) is 3.27. The Morgan fingerprint density at radius 2 is 1.71 bits per heavy atom. The second kappa shape index (κ2) is 7.21. The molecule has 2 saturated carbocycles. The highest BCUT2D eigenvalue weighted by molar-refractivity contribution is 6.35. The number of benzene rings is 1. The quantitative estimate of drug-likeness (QED) is 0.736. The van der Waals surface area contributed by atoms with Crippen molar-refractivity contribution in [3.8, 4) is 5.75 Å². The van der Waals surface area contributed by atoms with Crippen LogP contribution in [0.3, 0.4) is 0 Å². The normalized spacial score (nSPS) is 20.3. The zero-order valence-electron chi connectivity index (χ0n) is 12.3. The maximum absolute atomic E-state index is 6.39. The van der Waals surface area contributed by atoms with Crippen LogP contribution in [-0.4, -0.2) is 12.1 Å². The number of ether oxygens (including phenoxy) is 1. The number of nitrogens with one attached hydrogen (secondary N) is 1. The van der Waals surface area contributed by atoms with Crippen molar-refractivity contribution in [3.63, 3.8) is 0 Å². The molecule has 0 saturated heterocycles. The molecule has 2 nitrogen and oxygen atoms in total. The summed E-state index contributed by atoms with van der Waals surface area (Å²) in [5.74, 6) is 0.834. The van der Waals surface area contributed by atoms with Crippen molar-refractivity contribution in [1.82, 2.24) is 5.32 Å². The van der Waals surface area contributed by atoms with Crippen LogP contribution in [0.5, 0.6) is 5.75 Å². The van der Waals surface area contributed by atoms with E-state index < -0.39 is 0 Å². The van der Waals surface area contributed by atoms with Crippen LogP contribution in [0, 0.1) is 0 Å². The van der Waals surface area contributed by atoms with Crippen LogP contribution in [-0.2, 0) is 6.54 Å². The zero-order chi connectivity index (χ0) is 14.7. The first-order chi connectivity index (χ1) is 10.2. The van der Waals surface area contributed by atoms with Crippen LogP contribution in [0.2, 0.25) is 10.0 Å². The van der Waals surface area contributed by atoms with Crippen molar-refractivity contribution in [2.24, 2.45) is 0 Å². The molecular formula is C17H23Cl2NO. The molecule has 0 spiro atoms. The Morgan fingerprint density at radius 3 is 2.38 bits per heavy atom. The van der Waals surface area contributed by atoms with E-state index in [1.807, 2.05) is 6.07 Å². The van der Waals surface area contributed by atoms with Gasteiger partial charge >= 0.3 is 0 Å². The first kappa shape index (κ1) is 15.5. The Hall–Kier alpha value is -0.440. The summed E-state index contributed by atoms with van der Waals surface area (Å²) in [6.45, 7) is 0.785. The van der Waals surface area contributed by atoms with E-state index in [0.717, 1.165) is 30.7 Å². The standard InChI is InChI=1S/C17H23Cl2NO/c18-13-9-12(11-20-14-7-8-14)17(16(19)10-13)21-15-5-3-1-2-4-6-15/h9-10,14-15,20H,1-8,11H2. The van der Waals surface area contributed by atoms with E-state index >= 15 is 0 Å². The van der Waals surface area contributed by atoms with Gasteiger partial charge in [0, 0.05) is 23.2 Å². The minimum Gasteiger partial charge on any atom is -0.489 e. The highest BCUT2D eigenvalue weighted by Crippen LogP contribution is 2.35. The topological polar surface area (TPSA) is 21.3 Å². The summed E-state index contributed by atoms with van der Waals surface area (Å²) in [7, 11) is 0. The van der Waals surface area contributed by atoms with Gasteiger partial charge in [-0.25, -0.2) is 0 Å². The van der Waals surface area contributed by atoms with Crippen LogP contribution in [0.15, 0.2) is 12.1 Å². The van der Waals surface area contributed by atoms with Crippen molar-refractivity contribution >= 4 is 23.2 Å². The third-order valence-electron chi connectivity index (χ3n) is 4.33. The number of halogens is 2. The van der Waals surface area contributed by atoms with E-state index in [1.54, 1.807) is 6.07 Å². The number of hydrogen-bond acceptors (Lipinski definition) is 2. The summed E-state index contributed by atoms with van der Waals surface area (Å²) in [4.78, 5) is 0. The summed E-state index contributed by atoms with van der Waals surface area (Å²) in [6, 6.07) is 4.43. The van der Waals surface area contributed by atoms with Gasteiger partial charge in [0.25, 0.3) is 0 Å².